The van der Waals surface area contributed by atoms with E-state index in [4.69, 9.17) is 0 Å². The number of rotatable bonds is 3. The predicted octanol–water partition coefficient (Wildman–Crippen LogP) is 8.13. The maximum Gasteiger partial charge on any atom is 0.269 e. The molecule has 0 aliphatic heterocycles. The maximum absolute atomic E-state index is 11.1. The fraction of sp³-hybridized carbons (Fsp3) is 0.0345. The largest absolute Gasteiger partial charge is 0.269 e. The van der Waals surface area contributed by atoms with E-state index in [0.29, 0.717) is 0 Å². The first kappa shape index (κ1) is 18.5. The minimum Gasteiger partial charge on any atom is -0.258 e. The fourth-order valence-electron chi connectivity index (χ4n) is 4.83. The molecule has 0 unspecified atom stereocenters. The Morgan fingerprint density at radius 2 is 1.12 bits per heavy atom. The number of nitro benzene ring substituents is 1. The predicted molar refractivity (Wildman–Crippen MR) is 132 cm³/mol. The molecule has 152 valence electrons. The molecule has 0 amide bonds. The van der Waals surface area contributed by atoms with Crippen molar-refractivity contribution in [2.45, 2.75) is 6.92 Å². The highest BCUT2D eigenvalue weighted by molar-refractivity contribution is 6.29. The summed E-state index contributed by atoms with van der Waals surface area (Å²) in [5.41, 5.74) is 5.83. The molecule has 0 atom stereocenters. The molecular weight excluding hydrogens is 394 g/mol. The van der Waals surface area contributed by atoms with Crippen molar-refractivity contribution < 1.29 is 4.92 Å². The van der Waals surface area contributed by atoms with Gasteiger partial charge in [0.1, 0.15) is 0 Å². The molecule has 0 N–H and O–H groups in total. The Morgan fingerprint density at radius 3 is 1.66 bits per heavy atom. The van der Waals surface area contributed by atoms with Gasteiger partial charge in [0.2, 0.25) is 0 Å². The molecule has 0 fully saturated rings. The van der Waals surface area contributed by atoms with Gasteiger partial charge in [0.25, 0.3) is 5.69 Å². The summed E-state index contributed by atoms with van der Waals surface area (Å²) in [6.07, 6.45) is 0. The van der Waals surface area contributed by atoms with Crippen LogP contribution in [-0.4, -0.2) is 4.92 Å². The van der Waals surface area contributed by atoms with Gasteiger partial charge < -0.3 is 0 Å². The second-order valence-corrected chi connectivity index (χ2v) is 8.33. The number of non-ortho nitro benzene ring substituents is 1. The molecular formula is C29H19NO2. The number of benzene rings is 6. The van der Waals surface area contributed by atoms with Gasteiger partial charge in [0, 0.05) is 12.1 Å². The van der Waals surface area contributed by atoms with E-state index in [1.165, 1.54) is 43.6 Å². The number of hydrogen-bond donors (Lipinski definition) is 0. The van der Waals surface area contributed by atoms with Crippen LogP contribution in [0.15, 0.2) is 97.1 Å². The van der Waals surface area contributed by atoms with Crippen LogP contribution >= 0.6 is 0 Å². The minimum absolute atomic E-state index is 0.104. The molecule has 0 radical (unpaired) electrons. The number of aryl methyl sites for hydroxylation is 1. The van der Waals surface area contributed by atoms with Gasteiger partial charge in [0.15, 0.2) is 0 Å². The second kappa shape index (κ2) is 6.89. The highest BCUT2D eigenvalue weighted by Gasteiger charge is 2.16. The van der Waals surface area contributed by atoms with Crippen LogP contribution in [-0.2, 0) is 0 Å². The van der Waals surface area contributed by atoms with Gasteiger partial charge in [-0.25, -0.2) is 0 Å². The Kier molecular flexibility index (Phi) is 3.99. The van der Waals surface area contributed by atoms with Crippen molar-refractivity contribution in [3.63, 3.8) is 0 Å². The summed E-state index contributed by atoms with van der Waals surface area (Å²) in [6.45, 7) is 2.10. The van der Waals surface area contributed by atoms with E-state index >= 15 is 0 Å². The van der Waals surface area contributed by atoms with Crippen LogP contribution in [0.25, 0.3) is 54.6 Å². The molecule has 0 saturated heterocycles. The SMILES string of the molecule is Cc1ccc(-c2cc3cccc4cc(-c5ccc([N+](=O)[O-])cc5)c5cccc2c5c34)cc1. The van der Waals surface area contributed by atoms with E-state index in [9.17, 15) is 10.1 Å². The zero-order chi connectivity index (χ0) is 21.8. The molecule has 6 aromatic carbocycles. The summed E-state index contributed by atoms with van der Waals surface area (Å²) in [5.74, 6) is 0. The van der Waals surface area contributed by atoms with E-state index in [-0.39, 0.29) is 10.6 Å². The van der Waals surface area contributed by atoms with Crippen molar-refractivity contribution in [3.8, 4) is 22.3 Å². The van der Waals surface area contributed by atoms with Crippen LogP contribution in [0.2, 0.25) is 0 Å². The summed E-state index contributed by atoms with van der Waals surface area (Å²) >= 11 is 0. The van der Waals surface area contributed by atoms with Crippen molar-refractivity contribution in [2.24, 2.45) is 0 Å². The number of nitro groups is 1. The first-order valence-electron chi connectivity index (χ1n) is 10.6. The van der Waals surface area contributed by atoms with Crippen LogP contribution in [0.5, 0.6) is 0 Å². The van der Waals surface area contributed by atoms with Gasteiger partial charge in [-0.15, -0.1) is 0 Å². The average molecular weight is 413 g/mol. The van der Waals surface area contributed by atoms with Gasteiger partial charge in [-0.2, -0.15) is 0 Å². The normalized spacial score (nSPS) is 11.5. The lowest BCUT2D eigenvalue weighted by molar-refractivity contribution is -0.384. The second-order valence-electron chi connectivity index (χ2n) is 8.33. The lowest BCUT2D eigenvalue weighted by atomic mass is 9.85. The first-order chi connectivity index (χ1) is 15.6. The van der Waals surface area contributed by atoms with Gasteiger partial charge >= 0.3 is 0 Å². The summed E-state index contributed by atoms with van der Waals surface area (Å²) in [4.78, 5) is 10.8. The third-order valence-electron chi connectivity index (χ3n) is 6.38. The van der Waals surface area contributed by atoms with E-state index < -0.39 is 0 Å². The Bertz CT molecular complexity index is 1630. The molecule has 3 heteroatoms. The van der Waals surface area contributed by atoms with Gasteiger partial charge in [-0.1, -0.05) is 66.2 Å². The average Bonchev–Trinajstić information content (AvgIpc) is 2.82. The zero-order valence-electron chi connectivity index (χ0n) is 17.5. The van der Waals surface area contributed by atoms with Crippen LogP contribution in [0, 0.1) is 17.0 Å². The van der Waals surface area contributed by atoms with Crippen molar-refractivity contribution in [2.75, 3.05) is 0 Å². The molecule has 0 spiro atoms. The Morgan fingerprint density at radius 1 is 0.625 bits per heavy atom. The third-order valence-corrected chi connectivity index (χ3v) is 6.38. The van der Waals surface area contributed by atoms with Crippen molar-refractivity contribution in [1.29, 1.82) is 0 Å². The van der Waals surface area contributed by atoms with Crippen LogP contribution in [0.1, 0.15) is 5.56 Å². The summed E-state index contributed by atoms with van der Waals surface area (Å²) in [7, 11) is 0. The maximum atomic E-state index is 11.1. The third kappa shape index (κ3) is 2.75. The van der Waals surface area contributed by atoms with Gasteiger partial charge in [-0.05, 0) is 85.8 Å². The van der Waals surface area contributed by atoms with Gasteiger partial charge in [-0.3, -0.25) is 10.1 Å². The fourth-order valence-corrected chi connectivity index (χ4v) is 4.83. The molecule has 3 nitrogen and oxygen atoms in total. The highest BCUT2D eigenvalue weighted by atomic mass is 16.6. The standard InChI is InChI=1S/C29H19NO2/c1-18-8-10-19(11-9-18)26-16-21-4-2-5-22-17-27(20-12-14-23(15-13-20)30(31)32)25-7-3-6-24(26)29(25)28(21)22/h2-17H,1H3. The monoisotopic (exact) mass is 413 g/mol. The smallest absolute Gasteiger partial charge is 0.258 e. The molecule has 6 aromatic rings. The summed E-state index contributed by atoms with van der Waals surface area (Å²) in [5, 5.41) is 18.4. The van der Waals surface area contributed by atoms with Gasteiger partial charge in [0.05, 0.1) is 4.92 Å². The Labute approximate surface area is 185 Å². The topological polar surface area (TPSA) is 43.1 Å². The lowest BCUT2D eigenvalue weighted by Gasteiger charge is -2.18. The quantitative estimate of drug-likeness (QED) is 0.167. The van der Waals surface area contributed by atoms with Crippen molar-refractivity contribution in [1.82, 2.24) is 0 Å². The molecule has 0 bridgehead atoms. The summed E-state index contributed by atoms with van der Waals surface area (Å²) in [6, 6.07) is 32.9. The summed E-state index contributed by atoms with van der Waals surface area (Å²) < 4.78 is 0. The Balaban J connectivity index is 1.72. The van der Waals surface area contributed by atoms with Crippen LogP contribution < -0.4 is 0 Å². The molecule has 6 rings (SSSR count). The number of hydrogen-bond acceptors (Lipinski definition) is 2. The highest BCUT2D eigenvalue weighted by Crippen LogP contribution is 2.44. The van der Waals surface area contributed by atoms with E-state index in [0.717, 1.165) is 16.5 Å². The lowest BCUT2D eigenvalue weighted by Crippen LogP contribution is -1.91. The van der Waals surface area contributed by atoms with E-state index in [1.807, 2.05) is 12.1 Å². The molecule has 0 aliphatic rings. The van der Waals surface area contributed by atoms with Crippen LogP contribution in [0.4, 0.5) is 5.69 Å². The van der Waals surface area contributed by atoms with Crippen molar-refractivity contribution in [3.05, 3.63) is 113 Å². The van der Waals surface area contributed by atoms with E-state index in [2.05, 4.69) is 79.7 Å². The number of nitrogens with zero attached hydrogens (tertiary/aromatic N) is 1. The first-order valence-corrected chi connectivity index (χ1v) is 10.6. The molecule has 0 aromatic heterocycles. The van der Waals surface area contributed by atoms with Crippen molar-refractivity contribution >= 4 is 38.0 Å². The minimum atomic E-state index is -0.358. The van der Waals surface area contributed by atoms with Crippen LogP contribution in [0.3, 0.4) is 0 Å². The molecule has 0 aliphatic carbocycles. The molecule has 0 heterocycles. The Hall–Kier alpha value is -4.24. The van der Waals surface area contributed by atoms with E-state index in [1.54, 1.807) is 12.1 Å². The zero-order valence-corrected chi connectivity index (χ0v) is 17.5. The molecule has 0 saturated carbocycles. The molecule has 32 heavy (non-hydrogen) atoms.